The molecule has 4 aromatic rings. The van der Waals surface area contributed by atoms with E-state index in [9.17, 15) is 13.6 Å². The first-order chi connectivity index (χ1) is 16.9. The third kappa shape index (κ3) is 5.40. The second-order valence-corrected chi connectivity index (χ2v) is 7.65. The average molecular weight is 479 g/mol. The van der Waals surface area contributed by atoms with Crippen molar-refractivity contribution in [3.63, 3.8) is 0 Å². The Hall–Kier alpha value is -4.40. The first kappa shape index (κ1) is 23.7. The zero-order chi connectivity index (χ0) is 24.9. The van der Waals surface area contributed by atoms with E-state index in [2.05, 4.69) is 15.6 Å². The number of pyridine rings is 1. The number of hydrogen-bond acceptors (Lipinski definition) is 5. The van der Waals surface area contributed by atoms with Gasteiger partial charge >= 0.3 is 6.03 Å². The lowest BCUT2D eigenvalue weighted by Crippen LogP contribution is -2.31. The first-order valence-corrected chi connectivity index (χ1v) is 10.7. The Morgan fingerprint density at radius 1 is 0.914 bits per heavy atom. The van der Waals surface area contributed by atoms with Crippen molar-refractivity contribution in [3.8, 4) is 23.0 Å². The van der Waals surface area contributed by atoms with E-state index in [-0.39, 0.29) is 17.3 Å². The van der Waals surface area contributed by atoms with Gasteiger partial charge in [0.25, 0.3) is 0 Å². The summed E-state index contributed by atoms with van der Waals surface area (Å²) in [5.41, 5.74) is 1.31. The van der Waals surface area contributed by atoms with Crippen LogP contribution in [0, 0.1) is 11.6 Å². The smallest absolute Gasteiger partial charge is 0.319 e. The third-order valence-electron chi connectivity index (χ3n) is 5.34. The van der Waals surface area contributed by atoms with Crippen LogP contribution in [0.1, 0.15) is 18.5 Å². The highest BCUT2D eigenvalue weighted by atomic mass is 19.1. The van der Waals surface area contributed by atoms with Crippen LogP contribution in [0.2, 0.25) is 0 Å². The van der Waals surface area contributed by atoms with Gasteiger partial charge in [-0.3, -0.25) is 4.98 Å². The number of carbonyl (C=O) groups excluding carboxylic acids is 1. The van der Waals surface area contributed by atoms with Crippen LogP contribution in [0.3, 0.4) is 0 Å². The van der Waals surface area contributed by atoms with Gasteiger partial charge in [-0.1, -0.05) is 12.1 Å². The highest BCUT2D eigenvalue weighted by Gasteiger charge is 2.14. The maximum absolute atomic E-state index is 14.7. The van der Waals surface area contributed by atoms with Crippen molar-refractivity contribution in [1.29, 1.82) is 0 Å². The molecule has 0 spiro atoms. The van der Waals surface area contributed by atoms with E-state index in [1.165, 1.54) is 44.6 Å². The molecule has 9 heteroatoms. The lowest BCUT2D eigenvalue weighted by molar-refractivity contribution is 0.249. The summed E-state index contributed by atoms with van der Waals surface area (Å²) in [7, 11) is 3.06. The van der Waals surface area contributed by atoms with E-state index in [4.69, 9.17) is 14.2 Å². The van der Waals surface area contributed by atoms with E-state index in [0.29, 0.717) is 33.7 Å². The quantitative estimate of drug-likeness (QED) is 0.330. The molecular formula is C26H23F2N3O4. The molecule has 35 heavy (non-hydrogen) atoms. The molecule has 0 unspecified atom stereocenters. The monoisotopic (exact) mass is 479 g/mol. The Morgan fingerprint density at radius 3 is 2.31 bits per heavy atom. The third-order valence-corrected chi connectivity index (χ3v) is 5.34. The van der Waals surface area contributed by atoms with Gasteiger partial charge < -0.3 is 24.8 Å². The van der Waals surface area contributed by atoms with Gasteiger partial charge in [-0.15, -0.1) is 0 Å². The molecule has 1 aromatic heterocycles. The zero-order valence-electron chi connectivity index (χ0n) is 19.3. The van der Waals surface area contributed by atoms with Crippen molar-refractivity contribution >= 4 is 22.6 Å². The van der Waals surface area contributed by atoms with Gasteiger partial charge in [0.2, 0.25) is 0 Å². The van der Waals surface area contributed by atoms with E-state index in [0.717, 1.165) is 0 Å². The van der Waals surface area contributed by atoms with Gasteiger partial charge in [-0.2, -0.15) is 0 Å². The SMILES string of the molecule is COc1cc2nccc(Oc3ccc(NC(=O)N[C@H](C)c4ccc(F)cc4)c(F)c3)c2cc1OC. The number of urea groups is 1. The largest absolute Gasteiger partial charge is 0.493 e. The van der Waals surface area contributed by atoms with Crippen LogP contribution in [0.5, 0.6) is 23.0 Å². The molecule has 4 rings (SSSR count). The van der Waals surface area contributed by atoms with E-state index >= 15 is 0 Å². The number of nitrogens with one attached hydrogen (secondary N) is 2. The Balaban J connectivity index is 1.48. The molecular weight excluding hydrogens is 456 g/mol. The number of carbonyl (C=O) groups is 1. The summed E-state index contributed by atoms with van der Waals surface area (Å²) in [5, 5.41) is 5.82. The number of nitrogens with zero attached hydrogens (tertiary/aromatic N) is 1. The van der Waals surface area contributed by atoms with Crippen molar-refractivity contribution in [3.05, 3.63) is 84.1 Å². The topological polar surface area (TPSA) is 81.7 Å². The van der Waals surface area contributed by atoms with Crippen LogP contribution in [0.25, 0.3) is 10.9 Å². The molecule has 1 atom stereocenters. The highest BCUT2D eigenvalue weighted by molar-refractivity contribution is 5.90. The van der Waals surface area contributed by atoms with Crippen LogP contribution in [0.15, 0.2) is 66.9 Å². The Labute approximate surface area is 200 Å². The number of ether oxygens (including phenoxy) is 3. The Morgan fingerprint density at radius 2 is 1.63 bits per heavy atom. The fraction of sp³-hybridized carbons (Fsp3) is 0.154. The van der Waals surface area contributed by atoms with Crippen molar-refractivity contribution < 1.29 is 27.8 Å². The number of aromatic nitrogens is 1. The molecule has 3 aromatic carbocycles. The molecule has 0 aliphatic heterocycles. The number of hydrogen-bond donors (Lipinski definition) is 2. The molecule has 2 amide bonds. The second kappa shape index (κ2) is 10.3. The molecule has 0 aliphatic carbocycles. The van der Waals surface area contributed by atoms with Crippen LogP contribution in [-0.2, 0) is 0 Å². The van der Waals surface area contributed by atoms with Crippen LogP contribution in [-0.4, -0.2) is 25.2 Å². The zero-order valence-corrected chi connectivity index (χ0v) is 19.3. The van der Waals surface area contributed by atoms with Crippen molar-refractivity contribution in [1.82, 2.24) is 10.3 Å². The molecule has 0 radical (unpaired) electrons. The lowest BCUT2D eigenvalue weighted by Gasteiger charge is -2.16. The van der Waals surface area contributed by atoms with Crippen molar-refractivity contribution in [2.75, 3.05) is 19.5 Å². The Bertz CT molecular complexity index is 1360. The van der Waals surface area contributed by atoms with Crippen LogP contribution in [0.4, 0.5) is 19.3 Å². The van der Waals surface area contributed by atoms with Gasteiger partial charge in [0.1, 0.15) is 23.1 Å². The van der Waals surface area contributed by atoms with E-state index in [1.807, 2.05) is 0 Å². The van der Waals surface area contributed by atoms with Gasteiger partial charge in [0, 0.05) is 23.7 Å². The molecule has 0 bridgehead atoms. The number of anilines is 1. The van der Waals surface area contributed by atoms with Crippen LogP contribution < -0.4 is 24.8 Å². The Kier molecular flexibility index (Phi) is 6.96. The number of benzene rings is 3. The average Bonchev–Trinajstić information content (AvgIpc) is 2.85. The minimum absolute atomic E-state index is 0.0212. The van der Waals surface area contributed by atoms with E-state index < -0.39 is 17.9 Å². The van der Waals surface area contributed by atoms with Gasteiger partial charge in [0.15, 0.2) is 11.5 Å². The molecule has 2 N–H and O–H groups in total. The van der Waals surface area contributed by atoms with Crippen molar-refractivity contribution in [2.45, 2.75) is 13.0 Å². The standard InChI is InChI=1S/C26H23F2N3O4/c1-15(16-4-6-17(27)7-5-16)30-26(32)31-21-9-8-18(12-20(21)28)35-23-10-11-29-22-14-25(34-3)24(33-2)13-19(22)23/h4-15H,1-3H3,(H2,30,31,32)/t15-/m1/s1. The maximum Gasteiger partial charge on any atom is 0.319 e. The summed E-state index contributed by atoms with van der Waals surface area (Å²) in [6.45, 7) is 1.74. The number of rotatable bonds is 7. The highest BCUT2D eigenvalue weighted by Crippen LogP contribution is 2.37. The molecule has 0 saturated heterocycles. The summed E-state index contributed by atoms with van der Waals surface area (Å²) in [6, 6.07) is 14.0. The minimum Gasteiger partial charge on any atom is -0.493 e. The molecule has 180 valence electrons. The fourth-order valence-electron chi connectivity index (χ4n) is 3.51. The van der Waals surface area contributed by atoms with Gasteiger partial charge in [0.05, 0.1) is 31.5 Å². The second-order valence-electron chi connectivity index (χ2n) is 7.65. The minimum atomic E-state index is -0.676. The molecule has 1 heterocycles. The summed E-state index contributed by atoms with van der Waals surface area (Å²) >= 11 is 0. The predicted octanol–water partition coefficient (Wildman–Crippen LogP) is 6.21. The van der Waals surface area contributed by atoms with Crippen LogP contribution >= 0.6 is 0 Å². The lowest BCUT2D eigenvalue weighted by atomic mass is 10.1. The maximum atomic E-state index is 14.7. The first-order valence-electron chi connectivity index (χ1n) is 10.7. The van der Waals surface area contributed by atoms with Crippen molar-refractivity contribution in [2.24, 2.45) is 0 Å². The van der Waals surface area contributed by atoms with Gasteiger partial charge in [-0.05, 0) is 48.9 Å². The summed E-state index contributed by atoms with van der Waals surface area (Å²) in [6.07, 6.45) is 1.57. The number of fused-ring (bicyclic) bond motifs is 1. The number of halogens is 2. The number of amides is 2. The van der Waals surface area contributed by atoms with E-state index in [1.54, 1.807) is 43.5 Å². The summed E-state index contributed by atoms with van der Waals surface area (Å²) in [4.78, 5) is 16.6. The fourth-order valence-corrected chi connectivity index (χ4v) is 3.51. The van der Waals surface area contributed by atoms with Gasteiger partial charge in [-0.25, -0.2) is 13.6 Å². The molecule has 0 fully saturated rings. The molecule has 0 saturated carbocycles. The predicted molar refractivity (Wildman–Crippen MR) is 128 cm³/mol. The molecule has 0 aliphatic rings. The molecule has 7 nitrogen and oxygen atoms in total. The summed E-state index contributed by atoms with van der Waals surface area (Å²) in [5.74, 6) is 0.665. The normalized spacial score (nSPS) is 11.6. The summed E-state index contributed by atoms with van der Waals surface area (Å²) < 4.78 is 44.4. The number of methoxy groups -OCH3 is 2.